The zero-order valence-electron chi connectivity index (χ0n) is 14.2. The van der Waals surface area contributed by atoms with Crippen molar-refractivity contribution in [1.82, 2.24) is 9.88 Å². The van der Waals surface area contributed by atoms with Crippen molar-refractivity contribution in [1.29, 1.82) is 0 Å². The fraction of sp³-hybridized carbons (Fsp3) is 0.316. The zero-order valence-corrected chi connectivity index (χ0v) is 14.2. The number of piperidine rings is 1. The highest BCUT2D eigenvalue weighted by atomic mass is 16.2. The number of hydrogen-bond acceptors (Lipinski definition) is 4. The maximum Gasteiger partial charge on any atom is 0.253 e. The smallest absolute Gasteiger partial charge is 0.253 e. The number of pyridine rings is 1. The van der Waals surface area contributed by atoms with E-state index in [1.807, 2.05) is 17.0 Å². The minimum Gasteiger partial charge on any atom is -0.383 e. The molecule has 0 saturated carbocycles. The molecule has 0 spiro atoms. The van der Waals surface area contributed by atoms with Crippen LogP contribution in [0.1, 0.15) is 40.5 Å². The highest BCUT2D eigenvalue weighted by molar-refractivity contribution is 5.98. The Morgan fingerprint density at radius 3 is 2.36 bits per heavy atom. The number of aromatic nitrogens is 1. The molecule has 0 bridgehead atoms. The van der Waals surface area contributed by atoms with Crippen LogP contribution in [0.15, 0.2) is 36.5 Å². The Balaban J connectivity index is 1.79. The van der Waals surface area contributed by atoms with E-state index in [9.17, 15) is 9.59 Å². The van der Waals surface area contributed by atoms with E-state index >= 15 is 0 Å². The lowest BCUT2D eigenvalue weighted by Gasteiger charge is -2.30. The van der Waals surface area contributed by atoms with Crippen molar-refractivity contribution < 1.29 is 9.59 Å². The Kier molecular flexibility index (Phi) is 4.70. The summed E-state index contributed by atoms with van der Waals surface area (Å²) in [6.07, 6.45) is 3.69. The molecular weight excluding hydrogens is 316 g/mol. The van der Waals surface area contributed by atoms with Crippen molar-refractivity contribution in [2.75, 3.05) is 18.8 Å². The van der Waals surface area contributed by atoms with E-state index in [2.05, 4.69) is 11.9 Å². The molecule has 4 N–H and O–H groups in total. The van der Waals surface area contributed by atoms with Crippen molar-refractivity contribution in [3.8, 4) is 11.1 Å². The molecule has 1 saturated heterocycles. The first-order chi connectivity index (χ1) is 12.0. The highest BCUT2D eigenvalue weighted by Crippen LogP contribution is 2.24. The lowest BCUT2D eigenvalue weighted by atomic mass is 9.98. The molecular formula is C19H22N4O2. The van der Waals surface area contributed by atoms with Gasteiger partial charge in [0.25, 0.3) is 11.8 Å². The van der Waals surface area contributed by atoms with Crippen molar-refractivity contribution in [3.05, 3.63) is 47.7 Å². The van der Waals surface area contributed by atoms with E-state index in [-0.39, 0.29) is 17.3 Å². The molecule has 0 atom stereocenters. The third-order valence-corrected chi connectivity index (χ3v) is 4.72. The Bertz CT molecular complexity index is 794. The quantitative estimate of drug-likeness (QED) is 0.896. The van der Waals surface area contributed by atoms with Crippen LogP contribution in [0.2, 0.25) is 0 Å². The SMILES string of the molecule is CC1CCN(C(=O)c2ccc(-c3cnc(N)c(C(N)=O)c3)cc2)CC1. The van der Waals surface area contributed by atoms with Crippen LogP contribution in [0.25, 0.3) is 11.1 Å². The van der Waals surface area contributed by atoms with Gasteiger partial charge in [-0.1, -0.05) is 19.1 Å². The number of nitrogens with zero attached hydrogens (tertiary/aromatic N) is 2. The predicted molar refractivity (Wildman–Crippen MR) is 96.9 cm³/mol. The fourth-order valence-corrected chi connectivity index (χ4v) is 3.03. The molecule has 0 aliphatic carbocycles. The standard InChI is InChI=1S/C19H22N4O2/c1-12-6-8-23(9-7-12)19(25)14-4-2-13(3-5-14)15-10-16(18(21)24)17(20)22-11-15/h2-5,10-12H,6-9H2,1H3,(H2,20,22)(H2,21,24). The summed E-state index contributed by atoms with van der Waals surface area (Å²) in [6.45, 7) is 3.84. The van der Waals surface area contributed by atoms with Gasteiger partial charge in [-0.25, -0.2) is 4.98 Å². The summed E-state index contributed by atoms with van der Waals surface area (Å²) in [5, 5.41) is 0. The second-order valence-electron chi connectivity index (χ2n) is 6.57. The molecule has 2 aromatic rings. The topological polar surface area (TPSA) is 102 Å². The van der Waals surface area contributed by atoms with Gasteiger partial charge in [0.05, 0.1) is 5.56 Å². The number of hydrogen-bond donors (Lipinski definition) is 2. The lowest BCUT2D eigenvalue weighted by Crippen LogP contribution is -2.37. The Morgan fingerprint density at radius 2 is 1.76 bits per heavy atom. The van der Waals surface area contributed by atoms with Crippen LogP contribution in [-0.4, -0.2) is 34.8 Å². The average Bonchev–Trinajstić information content (AvgIpc) is 2.62. The van der Waals surface area contributed by atoms with E-state index < -0.39 is 5.91 Å². The summed E-state index contributed by atoms with van der Waals surface area (Å²) in [5.74, 6) is 0.246. The first kappa shape index (κ1) is 17.0. The number of anilines is 1. The van der Waals surface area contributed by atoms with Gasteiger partial charge in [0.15, 0.2) is 0 Å². The van der Waals surface area contributed by atoms with Gasteiger partial charge in [-0.2, -0.15) is 0 Å². The van der Waals surface area contributed by atoms with Gasteiger partial charge in [0, 0.05) is 30.4 Å². The number of primary amides is 1. The van der Waals surface area contributed by atoms with Crippen molar-refractivity contribution in [2.45, 2.75) is 19.8 Å². The zero-order chi connectivity index (χ0) is 18.0. The van der Waals surface area contributed by atoms with Crippen molar-refractivity contribution >= 4 is 17.6 Å². The molecule has 1 aliphatic heterocycles. The molecule has 1 aromatic carbocycles. The first-order valence-corrected chi connectivity index (χ1v) is 8.40. The first-order valence-electron chi connectivity index (χ1n) is 8.40. The second-order valence-corrected chi connectivity index (χ2v) is 6.57. The van der Waals surface area contributed by atoms with Crippen LogP contribution in [0.4, 0.5) is 5.82 Å². The lowest BCUT2D eigenvalue weighted by molar-refractivity contribution is 0.0697. The van der Waals surface area contributed by atoms with E-state index in [1.165, 1.54) is 0 Å². The van der Waals surface area contributed by atoms with Gasteiger partial charge >= 0.3 is 0 Å². The molecule has 0 radical (unpaired) electrons. The van der Waals surface area contributed by atoms with Gasteiger partial charge in [-0.15, -0.1) is 0 Å². The second kappa shape index (κ2) is 6.93. The number of benzene rings is 1. The van der Waals surface area contributed by atoms with E-state index in [1.54, 1.807) is 24.4 Å². The molecule has 6 nitrogen and oxygen atoms in total. The highest BCUT2D eigenvalue weighted by Gasteiger charge is 2.21. The van der Waals surface area contributed by atoms with Gasteiger partial charge in [-0.3, -0.25) is 9.59 Å². The summed E-state index contributed by atoms with van der Waals surface area (Å²) in [4.78, 5) is 29.9. The molecule has 3 rings (SSSR count). The van der Waals surface area contributed by atoms with Crippen LogP contribution in [0, 0.1) is 5.92 Å². The molecule has 1 fully saturated rings. The van der Waals surface area contributed by atoms with E-state index in [4.69, 9.17) is 11.5 Å². The molecule has 25 heavy (non-hydrogen) atoms. The van der Waals surface area contributed by atoms with Gasteiger partial charge in [0.1, 0.15) is 5.82 Å². The molecule has 6 heteroatoms. The third kappa shape index (κ3) is 3.63. The number of nitrogen functional groups attached to an aromatic ring is 1. The molecule has 2 heterocycles. The Labute approximate surface area is 146 Å². The number of amides is 2. The van der Waals surface area contributed by atoms with Crippen LogP contribution in [0.5, 0.6) is 0 Å². The summed E-state index contributed by atoms with van der Waals surface area (Å²) in [7, 11) is 0. The van der Waals surface area contributed by atoms with Crippen molar-refractivity contribution in [2.24, 2.45) is 11.7 Å². The van der Waals surface area contributed by atoms with Crippen LogP contribution in [0.3, 0.4) is 0 Å². The Morgan fingerprint density at radius 1 is 1.12 bits per heavy atom. The maximum absolute atomic E-state index is 12.6. The molecule has 1 aliphatic rings. The van der Waals surface area contributed by atoms with Gasteiger partial charge < -0.3 is 16.4 Å². The minimum atomic E-state index is -0.613. The Hall–Kier alpha value is -2.89. The van der Waals surface area contributed by atoms with Crippen LogP contribution < -0.4 is 11.5 Å². The van der Waals surface area contributed by atoms with Gasteiger partial charge in [-0.05, 0) is 42.5 Å². The van der Waals surface area contributed by atoms with Crippen LogP contribution in [-0.2, 0) is 0 Å². The van der Waals surface area contributed by atoms with Crippen molar-refractivity contribution in [3.63, 3.8) is 0 Å². The average molecular weight is 338 g/mol. The number of likely N-dealkylation sites (tertiary alicyclic amines) is 1. The number of rotatable bonds is 3. The van der Waals surface area contributed by atoms with Crippen LogP contribution >= 0.6 is 0 Å². The monoisotopic (exact) mass is 338 g/mol. The minimum absolute atomic E-state index is 0.0618. The largest absolute Gasteiger partial charge is 0.383 e. The summed E-state index contributed by atoms with van der Waals surface area (Å²) < 4.78 is 0. The van der Waals surface area contributed by atoms with E-state index in [0.717, 1.165) is 37.1 Å². The van der Waals surface area contributed by atoms with E-state index in [0.29, 0.717) is 11.5 Å². The fourth-order valence-electron chi connectivity index (χ4n) is 3.03. The number of nitrogens with two attached hydrogens (primary N) is 2. The molecule has 1 aromatic heterocycles. The van der Waals surface area contributed by atoms with Gasteiger partial charge in [0.2, 0.25) is 0 Å². The normalized spacial score (nSPS) is 15.2. The summed E-state index contributed by atoms with van der Waals surface area (Å²) >= 11 is 0. The molecule has 130 valence electrons. The maximum atomic E-state index is 12.6. The molecule has 2 amide bonds. The predicted octanol–water partition coefficient (Wildman–Crippen LogP) is 2.30. The molecule has 0 unspecified atom stereocenters. The number of carbonyl (C=O) groups excluding carboxylic acids is 2. The summed E-state index contributed by atoms with van der Waals surface area (Å²) in [5.41, 5.74) is 13.4. The number of carbonyl (C=O) groups is 2. The third-order valence-electron chi connectivity index (χ3n) is 4.72. The summed E-state index contributed by atoms with van der Waals surface area (Å²) in [6, 6.07) is 8.91.